The summed E-state index contributed by atoms with van der Waals surface area (Å²) in [6, 6.07) is 10.5. The number of rotatable bonds is 6. The largest absolute Gasteiger partial charge is 0.468 e. The first-order valence-corrected chi connectivity index (χ1v) is 12.2. The molecule has 8 nitrogen and oxygen atoms in total. The van der Waals surface area contributed by atoms with Gasteiger partial charge in [-0.25, -0.2) is 8.42 Å². The maximum absolute atomic E-state index is 12.8. The zero-order valence-corrected chi connectivity index (χ0v) is 20.3. The zero-order chi connectivity index (χ0) is 23.6. The lowest BCUT2D eigenvalue weighted by Gasteiger charge is -2.20. The monoisotopic (exact) mass is 495 g/mol. The second-order valence-electron chi connectivity index (χ2n) is 7.22. The standard InChI is InChI=1S/C21H22ClN3O5S2/c1-13(2)24(3)32(28,29)16-8-5-14(6-9-16)20(27)23-21-25(12-19(26)30-4)17-10-7-15(22)11-18(17)31-21/h5-11,13H,12H2,1-4H3. The Hall–Kier alpha value is -2.53. The molecule has 170 valence electrons. The van der Waals surface area contributed by atoms with Crippen molar-refractivity contribution >= 4 is 55.1 Å². The van der Waals surface area contributed by atoms with Gasteiger partial charge in [0.05, 0.1) is 22.2 Å². The molecule has 1 heterocycles. The number of ether oxygens (including phenoxy) is 1. The van der Waals surface area contributed by atoms with E-state index in [1.165, 1.54) is 54.1 Å². The van der Waals surface area contributed by atoms with Crippen LogP contribution in [-0.2, 0) is 26.1 Å². The molecule has 2 aromatic carbocycles. The molecule has 0 aliphatic carbocycles. The Kier molecular flexibility index (Phi) is 7.19. The molecule has 0 fully saturated rings. The number of hydrogen-bond acceptors (Lipinski definition) is 6. The number of methoxy groups -OCH3 is 1. The molecule has 3 rings (SSSR count). The van der Waals surface area contributed by atoms with Gasteiger partial charge in [-0.1, -0.05) is 22.9 Å². The highest BCUT2D eigenvalue weighted by Gasteiger charge is 2.23. The van der Waals surface area contributed by atoms with E-state index in [9.17, 15) is 18.0 Å². The summed E-state index contributed by atoms with van der Waals surface area (Å²) in [6.07, 6.45) is 0. The smallest absolute Gasteiger partial charge is 0.325 e. The van der Waals surface area contributed by atoms with Crippen molar-refractivity contribution in [1.82, 2.24) is 8.87 Å². The van der Waals surface area contributed by atoms with Gasteiger partial charge in [0, 0.05) is 23.7 Å². The Labute approximate surface area is 194 Å². The van der Waals surface area contributed by atoms with Gasteiger partial charge in [0.1, 0.15) is 6.54 Å². The third-order valence-corrected chi connectivity index (χ3v) is 8.19. The van der Waals surface area contributed by atoms with E-state index in [4.69, 9.17) is 16.3 Å². The van der Waals surface area contributed by atoms with Gasteiger partial charge in [-0.15, -0.1) is 0 Å². The van der Waals surface area contributed by atoms with Gasteiger partial charge in [0.25, 0.3) is 5.91 Å². The first-order valence-electron chi connectivity index (χ1n) is 9.57. The minimum absolute atomic E-state index is 0.0857. The third kappa shape index (κ3) is 4.93. The number of thiazole rings is 1. The SMILES string of the molecule is COC(=O)Cn1c(=NC(=O)c2ccc(S(=O)(=O)N(C)C(C)C)cc2)sc2cc(Cl)ccc21. The van der Waals surface area contributed by atoms with Crippen LogP contribution < -0.4 is 4.80 Å². The summed E-state index contributed by atoms with van der Waals surface area (Å²) in [4.78, 5) is 29.2. The van der Waals surface area contributed by atoms with Crippen LogP contribution in [0.3, 0.4) is 0 Å². The number of carbonyl (C=O) groups excluding carboxylic acids is 2. The molecule has 1 amide bonds. The van der Waals surface area contributed by atoms with E-state index in [0.29, 0.717) is 15.3 Å². The molecule has 3 aromatic rings. The van der Waals surface area contributed by atoms with Crippen molar-refractivity contribution in [3.05, 3.63) is 57.9 Å². The van der Waals surface area contributed by atoms with Gasteiger partial charge < -0.3 is 9.30 Å². The van der Waals surface area contributed by atoms with E-state index in [2.05, 4.69) is 4.99 Å². The predicted molar refractivity (Wildman–Crippen MR) is 123 cm³/mol. The fourth-order valence-electron chi connectivity index (χ4n) is 2.84. The van der Waals surface area contributed by atoms with E-state index < -0.39 is 21.9 Å². The lowest BCUT2D eigenvalue weighted by atomic mass is 10.2. The van der Waals surface area contributed by atoms with E-state index in [1.54, 1.807) is 36.6 Å². The molecule has 0 N–H and O–H groups in total. The summed E-state index contributed by atoms with van der Waals surface area (Å²) in [5, 5.41) is 0.519. The van der Waals surface area contributed by atoms with Gasteiger partial charge in [0.15, 0.2) is 4.80 Å². The Balaban J connectivity index is 2.01. The summed E-state index contributed by atoms with van der Waals surface area (Å²) in [5.41, 5.74) is 0.908. The number of benzene rings is 2. The second kappa shape index (κ2) is 9.53. The maximum atomic E-state index is 12.8. The summed E-state index contributed by atoms with van der Waals surface area (Å²) in [7, 11) is -0.876. The fraction of sp³-hybridized carbons (Fsp3) is 0.286. The summed E-state index contributed by atoms with van der Waals surface area (Å²) in [5.74, 6) is -1.06. The number of aromatic nitrogens is 1. The third-order valence-electron chi connectivity index (χ3n) is 4.86. The van der Waals surface area contributed by atoms with E-state index >= 15 is 0 Å². The highest BCUT2D eigenvalue weighted by molar-refractivity contribution is 7.89. The number of hydrogen-bond donors (Lipinski definition) is 0. The zero-order valence-electron chi connectivity index (χ0n) is 17.9. The molecule has 0 radical (unpaired) electrons. The lowest BCUT2D eigenvalue weighted by Crippen LogP contribution is -2.33. The van der Waals surface area contributed by atoms with Crippen molar-refractivity contribution in [3.63, 3.8) is 0 Å². The molecule has 32 heavy (non-hydrogen) atoms. The van der Waals surface area contributed by atoms with Gasteiger partial charge in [-0.3, -0.25) is 9.59 Å². The highest BCUT2D eigenvalue weighted by Crippen LogP contribution is 2.22. The van der Waals surface area contributed by atoms with E-state index in [-0.39, 0.29) is 23.0 Å². The summed E-state index contributed by atoms with van der Waals surface area (Å²) < 4.78 is 33.6. The summed E-state index contributed by atoms with van der Waals surface area (Å²) in [6.45, 7) is 3.43. The van der Waals surface area contributed by atoms with Gasteiger partial charge in [-0.2, -0.15) is 9.30 Å². The molecular weight excluding hydrogens is 474 g/mol. The molecular formula is C21H22ClN3O5S2. The molecule has 0 atom stereocenters. The number of nitrogens with zero attached hydrogens (tertiary/aromatic N) is 3. The molecule has 0 bridgehead atoms. The van der Waals surface area contributed by atoms with Crippen molar-refractivity contribution in [2.24, 2.45) is 4.99 Å². The van der Waals surface area contributed by atoms with Crippen LogP contribution in [0.2, 0.25) is 5.02 Å². The molecule has 1 aromatic heterocycles. The average Bonchev–Trinajstić information content (AvgIpc) is 3.08. The molecule has 0 saturated carbocycles. The van der Waals surface area contributed by atoms with Crippen LogP contribution in [0.25, 0.3) is 10.2 Å². The number of amides is 1. The van der Waals surface area contributed by atoms with Crippen molar-refractivity contribution < 1.29 is 22.7 Å². The van der Waals surface area contributed by atoms with Crippen LogP contribution in [0.4, 0.5) is 0 Å². The molecule has 11 heteroatoms. The van der Waals surface area contributed by atoms with Crippen molar-refractivity contribution in [2.75, 3.05) is 14.2 Å². The molecule has 0 aliphatic rings. The van der Waals surface area contributed by atoms with Gasteiger partial charge in [0.2, 0.25) is 10.0 Å². The predicted octanol–water partition coefficient (Wildman–Crippen LogP) is 3.30. The first kappa shape index (κ1) is 24.1. The van der Waals surface area contributed by atoms with Crippen LogP contribution in [-0.4, -0.2) is 49.4 Å². The minimum atomic E-state index is -3.66. The van der Waals surface area contributed by atoms with E-state index in [1.807, 2.05) is 0 Å². The number of carbonyl (C=O) groups is 2. The quantitative estimate of drug-likeness (QED) is 0.489. The second-order valence-corrected chi connectivity index (χ2v) is 10.7. The van der Waals surface area contributed by atoms with Gasteiger partial charge >= 0.3 is 5.97 Å². The van der Waals surface area contributed by atoms with Crippen LogP contribution in [0.15, 0.2) is 52.4 Å². The van der Waals surface area contributed by atoms with Crippen molar-refractivity contribution in [2.45, 2.75) is 31.3 Å². The fourth-order valence-corrected chi connectivity index (χ4v) is 5.52. The highest BCUT2D eigenvalue weighted by atomic mass is 35.5. The molecule has 0 unspecified atom stereocenters. The van der Waals surface area contributed by atoms with Crippen LogP contribution in [0, 0.1) is 0 Å². The Morgan fingerprint density at radius 3 is 2.44 bits per heavy atom. The maximum Gasteiger partial charge on any atom is 0.325 e. The topological polar surface area (TPSA) is 98.0 Å². The number of sulfonamides is 1. The molecule has 0 saturated heterocycles. The molecule has 0 spiro atoms. The number of fused-ring (bicyclic) bond motifs is 1. The first-order chi connectivity index (χ1) is 15.0. The average molecular weight is 496 g/mol. The molecule has 0 aliphatic heterocycles. The summed E-state index contributed by atoms with van der Waals surface area (Å²) >= 11 is 7.27. The van der Waals surface area contributed by atoms with Crippen LogP contribution >= 0.6 is 22.9 Å². The van der Waals surface area contributed by atoms with Gasteiger partial charge in [-0.05, 0) is 56.3 Å². The van der Waals surface area contributed by atoms with Crippen molar-refractivity contribution in [1.29, 1.82) is 0 Å². The lowest BCUT2D eigenvalue weighted by molar-refractivity contribution is -0.141. The van der Waals surface area contributed by atoms with Crippen LogP contribution in [0.1, 0.15) is 24.2 Å². The van der Waals surface area contributed by atoms with Crippen LogP contribution in [0.5, 0.6) is 0 Å². The van der Waals surface area contributed by atoms with E-state index in [0.717, 1.165) is 4.70 Å². The normalized spacial score (nSPS) is 12.7. The Morgan fingerprint density at radius 2 is 1.84 bits per heavy atom. The minimum Gasteiger partial charge on any atom is -0.468 e. The Morgan fingerprint density at radius 1 is 1.19 bits per heavy atom. The Bertz CT molecular complexity index is 1340. The number of halogens is 1. The van der Waals surface area contributed by atoms with Crippen molar-refractivity contribution in [3.8, 4) is 0 Å². The number of esters is 1.